The molecule has 0 bridgehead atoms. The SMILES string of the molecule is CCC(CC)(CN)NC(=O)c1ccc(C(=O)NCC(C)(C)C)cc1. The van der Waals surface area contributed by atoms with Gasteiger partial charge in [-0.05, 0) is 42.5 Å². The molecule has 0 atom stereocenters. The van der Waals surface area contributed by atoms with Crippen LogP contribution >= 0.6 is 0 Å². The van der Waals surface area contributed by atoms with Crippen molar-refractivity contribution in [3.63, 3.8) is 0 Å². The van der Waals surface area contributed by atoms with Gasteiger partial charge in [0.2, 0.25) is 0 Å². The minimum Gasteiger partial charge on any atom is -0.352 e. The average molecular weight is 333 g/mol. The van der Waals surface area contributed by atoms with Crippen LogP contribution in [0.2, 0.25) is 0 Å². The van der Waals surface area contributed by atoms with Crippen LogP contribution in [-0.4, -0.2) is 30.4 Å². The van der Waals surface area contributed by atoms with E-state index in [1.54, 1.807) is 24.3 Å². The number of nitrogens with one attached hydrogen (secondary N) is 2. The molecule has 0 saturated carbocycles. The Hall–Kier alpha value is -1.88. The maximum Gasteiger partial charge on any atom is 0.251 e. The predicted molar refractivity (Wildman–Crippen MR) is 98.1 cm³/mol. The van der Waals surface area contributed by atoms with Crippen LogP contribution in [-0.2, 0) is 0 Å². The summed E-state index contributed by atoms with van der Waals surface area (Å²) >= 11 is 0. The predicted octanol–water partition coefficient (Wildman–Crippen LogP) is 2.71. The van der Waals surface area contributed by atoms with Gasteiger partial charge in [-0.15, -0.1) is 0 Å². The molecule has 0 saturated heterocycles. The quantitative estimate of drug-likeness (QED) is 0.717. The molecule has 5 heteroatoms. The summed E-state index contributed by atoms with van der Waals surface area (Å²) in [5, 5.41) is 5.92. The second-order valence-corrected chi connectivity index (χ2v) is 7.47. The summed E-state index contributed by atoms with van der Waals surface area (Å²) in [5.41, 5.74) is 6.55. The highest BCUT2D eigenvalue weighted by atomic mass is 16.2. The Morgan fingerprint density at radius 1 is 0.958 bits per heavy atom. The third-order valence-corrected chi connectivity index (χ3v) is 4.31. The summed E-state index contributed by atoms with van der Waals surface area (Å²) < 4.78 is 0. The summed E-state index contributed by atoms with van der Waals surface area (Å²) in [6.45, 7) is 11.2. The maximum atomic E-state index is 12.4. The van der Waals surface area contributed by atoms with Crippen molar-refractivity contribution in [2.75, 3.05) is 13.1 Å². The lowest BCUT2D eigenvalue weighted by atomic mass is 9.92. The van der Waals surface area contributed by atoms with Crippen LogP contribution in [0.25, 0.3) is 0 Å². The molecule has 0 fully saturated rings. The zero-order valence-corrected chi connectivity index (χ0v) is 15.5. The smallest absolute Gasteiger partial charge is 0.251 e. The summed E-state index contributed by atoms with van der Waals surface area (Å²) in [5.74, 6) is -0.291. The van der Waals surface area contributed by atoms with E-state index in [-0.39, 0.29) is 22.8 Å². The third kappa shape index (κ3) is 5.64. The minimum atomic E-state index is -0.375. The van der Waals surface area contributed by atoms with Crippen LogP contribution in [0.3, 0.4) is 0 Å². The molecule has 0 radical (unpaired) electrons. The Balaban J connectivity index is 2.76. The van der Waals surface area contributed by atoms with E-state index in [0.717, 1.165) is 12.8 Å². The lowest BCUT2D eigenvalue weighted by molar-refractivity contribution is 0.0892. The Labute approximate surface area is 145 Å². The van der Waals surface area contributed by atoms with Gasteiger partial charge in [-0.3, -0.25) is 9.59 Å². The molecule has 0 aliphatic carbocycles. The Morgan fingerprint density at radius 2 is 1.42 bits per heavy atom. The molecule has 134 valence electrons. The number of hydrogen-bond donors (Lipinski definition) is 3. The number of rotatable bonds is 7. The second kappa shape index (κ2) is 8.29. The topological polar surface area (TPSA) is 84.2 Å². The normalized spacial score (nSPS) is 11.9. The first kappa shape index (κ1) is 20.2. The Bertz CT molecular complexity index is 547. The van der Waals surface area contributed by atoms with E-state index in [1.165, 1.54) is 0 Å². The van der Waals surface area contributed by atoms with Crippen LogP contribution in [0, 0.1) is 5.41 Å². The first-order valence-corrected chi connectivity index (χ1v) is 8.57. The fraction of sp³-hybridized carbons (Fsp3) is 0.579. The van der Waals surface area contributed by atoms with Crippen molar-refractivity contribution in [2.45, 2.75) is 53.0 Å². The first-order chi connectivity index (χ1) is 11.2. The maximum absolute atomic E-state index is 12.4. The van der Waals surface area contributed by atoms with Gasteiger partial charge < -0.3 is 16.4 Å². The highest BCUT2D eigenvalue weighted by Crippen LogP contribution is 2.15. The number of amides is 2. The van der Waals surface area contributed by atoms with E-state index in [0.29, 0.717) is 24.2 Å². The van der Waals surface area contributed by atoms with E-state index < -0.39 is 0 Å². The van der Waals surface area contributed by atoms with Crippen LogP contribution in [0.1, 0.15) is 68.2 Å². The number of carbonyl (C=O) groups excluding carboxylic acids is 2. The Morgan fingerprint density at radius 3 is 1.79 bits per heavy atom. The van der Waals surface area contributed by atoms with Crippen molar-refractivity contribution in [1.82, 2.24) is 10.6 Å². The van der Waals surface area contributed by atoms with Crippen molar-refractivity contribution < 1.29 is 9.59 Å². The molecule has 5 nitrogen and oxygen atoms in total. The number of nitrogens with two attached hydrogens (primary N) is 1. The van der Waals surface area contributed by atoms with Gasteiger partial charge in [-0.2, -0.15) is 0 Å². The summed E-state index contributed by atoms with van der Waals surface area (Å²) in [6, 6.07) is 6.70. The van der Waals surface area contributed by atoms with Crippen LogP contribution in [0.5, 0.6) is 0 Å². The molecule has 0 heterocycles. The molecule has 24 heavy (non-hydrogen) atoms. The van der Waals surface area contributed by atoms with Gasteiger partial charge in [0.1, 0.15) is 0 Å². The van der Waals surface area contributed by atoms with E-state index in [1.807, 2.05) is 13.8 Å². The molecule has 0 aliphatic rings. The number of benzene rings is 1. The lowest BCUT2D eigenvalue weighted by Crippen LogP contribution is -2.52. The molecular formula is C19H31N3O2. The van der Waals surface area contributed by atoms with E-state index >= 15 is 0 Å². The molecule has 1 aromatic carbocycles. The Kier molecular flexibility index (Phi) is 6.96. The molecular weight excluding hydrogens is 302 g/mol. The summed E-state index contributed by atoms with van der Waals surface area (Å²) in [6.07, 6.45) is 1.55. The van der Waals surface area contributed by atoms with Gasteiger partial charge >= 0.3 is 0 Å². The van der Waals surface area contributed by atoms with Gasteiger partial charge in [0.15, 0.2) is 0 Å². The molecule has 0 aromatic heterocycles. The summed E-state index contributed by atoms with van der Waals surface area (Å²) in [7, 11) is 0. The molecule has 0 spiro atoms. The minimum absolute atomic E-state index is 0.0291. The highest BCUT2D eigenvalue weighted by molar-refractivity contribution is 5.98. The number of carbonyl (C=O) groups is 2. The molecule has 1 aromatic rings. The van der Waals surface area contributed by atoms with Crippen LogP contribution < -0.4 is 16.4 Å². The zero-order valence-electron chi connectivity index (χ0n) is 15.5. The standard InChI is InChI=1S/C19H31N3O2/c1-6-19(7-2,12-20)22-17(24)15-10-8-14(9-11-15)16(23)21-13-18(3,4)5/h8-11H,6-7,12-13,20H2,1-5H3,(H,21,23)(H,22,24). The van der Waals surface area contributed by atoms with Crippen molar-refractivity contribution in [3.8, 4) is 0 Å². The van der Waals surface area contributed by atoms with E-state index in [4.69, 9.17) is 5.73 Å². The zero-order chi connectivity index (χ0) is 18.4. The van der Waals surface area contributed by atoms with Gasteiger partial charge in [-0.1, -0.05) is 34.6 Å². The monoisotopic (exact) mass is 333 g/mol. The van der Waals surface area contributed by atoms with Gasteiger partial charge in [0.05, 0.1) is 5.54 Å². The molecule has 0 unspecified atom stereocenters. The fourth-order valence-corrected chi connectivity index (χ4v) is 2.30. The van der Waals surface area contributed by atoms with Crippen molar-refractivity contribution in [1.29, 1.82) is 0 Å². The lowest BCUT2D eigenvalue weighted by Gasteiger charge is -2.31. The van der Waals surface area contributed by atoms with Gasteiger partial charge in [0.25, 0.3) is 11.8 Å². The number of hydrogen-bond acceptors (Lipinski definition) is 3. The van der Waals surface area contributed by atoms with Crippen molar-refractivity contribution >= 4 is 11.8 Å². The molecule has 4 N–H and O–H groups in total. The van der Waals surface area contributed by atoms with E-state index in [9.17, 15) is 9.59 Å². The van der Waals surface area contributed by atoms with Crippen LogP contribution in [0.4, 0.5) is 0 Å². The molecule has 2 amide bonds. The molecule has 0 aliphatic heterocycles. The third-order valence-electron chi connectivity index (χ3n) is 4.31. The largest absolute Gasteiger partial charge is 0.352 e. The average Bonchev–Trinajstić information content (AvgIpc) is 2.57. The molecule has 1 rings (SSSR count). The van der Waals surface area contributed by atoms with E-state index in [2.05, 4.69) is 31.4 Å². The summed E-state index contributed by atoms with van der Waals surface area (Å²) in [4.78, 5) is 24.5. The second-order valence-electron chi connectivity index (χ2n) is 7.47. The van der Waals surface area contributed by atoms with Gasteiger partial charge in [-0.25, -0.2) is 0 Å². The van der Waals surface area contributed by atoms with Crippen molar-refractivity contribution in [2.24, 2.45) is 11.1 Å². The van der Waals surface area contributed by atoms with Crippen LogP contribution in [0.15, 0.2) is 24.3 Å². The van der Waals surface area contributed by atoms with Gasteiger partial charge in [0, 0.05) is 24.2 Å². The van der Waals surface area contributed by atoms with Crippen molar-refractivity contribution in [3.05, 3.63) is 35.4 Å². The first-order valence-electron chi connectivity index (χ1n) is 8.57. The fourth-order valence-electron chi connectivity index (χ4n) is 2.30. The highest BCUT2D eigenvalue weighted by Gasteiger charge is 2.26.